The number of hydrogen-bond acceptors (Lipinski definition) is 3. The van der Waals surface area contributed by atoms with Crippen LogP contribution in [0.25, 0.3) is 0 Å². The third kappa shape index (κ3) is 5.49. The molecule has 1 aliphatic carbocycles. The zero-order chi connectivity index (χ0) is 14.4. The molecular weight excluding hydrogens is 248 g/mol. The summed E-state index contributed by atoms with van der Waals surface area (Å²) >= 11 is 0. The van der Waals surface area contributed by atoms with Crippen molar-refractivity contribution in [3.63, 3.8) is 0 Å². The Morgan fingerprint density at radius 3 is 2.80 bits per heavy atom. The van der Waals surface area contributed by atoms with Crippen LogP contribution in [0.4, 0.5) is 0 Å². The van der Waals surface area contributed by atoms with Crippen LogP contribution >= 0.6 is 0 Å². The van der Waals surface area contributed by atoms with Gasteiger partial charge in [-0.25, -0.2) is 4.98 Å². The van der Waals surface area contributed by atoms with E-state index >= 15 is 0 Å². The third-order valence-electron chi connectivity index (χ3n) is 3.54. The van der Waals surface area contributed by atoms with E-state index < -0.39 is 0 Å². The number of ether oxygens (including phenoxy) is 1. The van der Waals surface area contributed by atoms with Gasteiger partial charge in [-0.05, 0) is 43.2 Å². The fraction of sp³-hybridized carbons (Fsp3) is 0.706. The van der Waals surface area contributed by atoms with Gasteiger partial charge in [0, 0.05) is 24.3 Å². The van der Waals surface area contributed by atoms with Crippen molar-refractivity contribution in [2.45, 2.75) is 65.5 Å². The van der Waals surface area contributed by atoms with Gasteiger partial charge in [-0.1, -0.05) is 27.2 Å². The quantitative estimate of drug-likeness (QED) is 0.746. The van der Waals surface area contributed by atoms with Crippen LogP contribution in [0.1, 0.15) is 57.7 Å². The highest BCUT2D eigenvalue weighted by Crippen LogP contribution is 2.20. The van der Waals surface area contributed by atoms with Crippen molar-refractivity contribution in [3.05, 3.63) is 23.4 Å². The van der Waals surface area contributed by atoms with Crippen molar-refractivity contribution >= 4 is 0 Å². The van der Waals surface area contributed by atoms with Crippen LogP contribution in [-0.4, -0.2) is 17.6 Å². The molecule has 0 bridgehead atoms. The van der Waals surface area contributed by atoms with E-state index in [4.69, 9.17) is 4.74 Å². The molecule has 0 aromatic carbocycles. The van der Waals surface area contributed by atoms with Gasteiger partial charge in [-0.3, -0.25) is 0 Å². The molecule has 0 radical (unpaired) electrons. The SMILES string of the molecule is CCCc1cc(CNC2CC2)cc(OCCC(C)C)n1. The molecule has 1 aromatic rings. The molecule has 0 atom stereocenters. The van der Waals surface area contributed by atoms with E-state index in [2.05, 4.69) is 43.2 Å². The summed E-state index contributed by atoms with van der Waals surface area (Å²) in [6.45, 7) is 8.32. The fourth-order valence-corrected chi connectivity index (χ4v) is 2.13. The Morgan fingerprint density at radius 1 is 1.35 bits per heavy atom. The van der Waals surface area contributed by atoms with Crippen LogP contribution in [0.3, 0.4) is 0 Å². The molecule has 3 heteroatoms. The fourth-order valence-electron chi connectivity index (χ4n) is 2.13. The van der Waals surface area contributed by atoms with Crippen LogP contribution in [0.2, 0.25) is 0 Å². The van der Waals surface area contributed by atoms with Crippen molar-refractivity contribution < 1.29 is 4.74 Å². The maximum absolute atomic E-state index is 5.83. The smallest absolute Gasteiger partial charge is 0.213 e. The average Bonchev–Trinajstić information content (AvgIpc) is 3.20. The molecule has 0 unspecified atom stereocenters. The minimum absolute atomic E-state index is 0.671. The molecule has 0 spiro atoms. The molecule has 1 aromatic heterocycles. The molecule has 1 fully saturated rings. The Kier molecular flexibility index (Phi) is 5.84. The molecule has 1 N–H and O–H groups in total. The van der Waals surface area contributed by atoms with Crippen molar-refractivity contribution in [1.29, 1.82) is 0 Å². The second-order valence-electron chi connectivity index (χ2n) is 6.24. The van der Waals surface area contributed by atoms with E-state index in [1.54, 1.807) is 0 Å². The first-order valence-corrected chi connectivity index (χ1v) is 8.03. The van der Waals surface area contributed by atoms with Crippen molar-refractivity contribution in [2.75, 3.05) is 6.61 Å². The van der Waals surface area contributed by atoms with Crippen LogP contribution in [0.5, 0.6) is 5.88 Å². The number of aryl methyl sites for hydroxylation is 1. The first-order chi connectivity index (χ1) is 9.67. The highest BCUT2D eigenvalue weighted by atomic mass is 16.5. The van der Waals surface area contributed by atoms with Gasteiger partial charge in [0.1, 0.15) is 0 Å². The summed E-state index contributed by atoms with van der Waals surface area (Å²) in [5.41, 5.74) is 2.46. The normalized spacial score (nSPS) is 14.8. The van der Waals surface area contributed by atoms with E-state index in [-0.39, 0.29) is 0 Å². The van der Waals surface area contributed by atoms with Gasteiger partial charge in [-0.15, -0.1) is 0 Å². The van der Waals surface area contributed by atoms with Gasteiger partial charge in [0.15, 0.2) is 0 Å². The molecule has 0 amide bonds. The Balaban J connectivity index is 1.95. The lowest BCUT2D eigenvalue weighted by molar-refractivity contribution is 0.278. The monoisotopic (exact) mass is 276 g/mol. The van der Waals surface area contributed by atoms with Crippen molar-refractivity contribution in [3.8, 4) is 5.88 Å². The van der Waals surface area contributed by atoms with E-state index in [9.17, 15) is 0 Å². The number of nitrogens with zero attached hydrogens (tertiary/aromatic N) is 1. The summed E-state index contributed by atoms with van der Waals surface area (Å²) in [7, 11) is 0. The predicted octanol–water partition coefficient (Wildman–Crippen LogP) is 3.71. The van der Waals surface area contributed by atoms with E-state index in [0.717, 1.165) is 50.0 Å². The topological polar surface area (TPSA) is 34.1 Å². The Hall–Kier alpha value is -1.09. The number of nitrogens with one attached hydrogen (secondary N) is 1. The standard InChI is InChI=1S/C17H28N2O/c1-4-5-16-10-14(12-18-15-6-7-15)11-17(19-16)20-9-8-13(2)3/h10-11,13,15,18H,4-9,12H2,1-3H3. The van der Waals surface area contributed by atoms with Crippen LogP contribution in [0, 0.1) is 5.92 Å². The van der Waals surface area contributed by atoms with E-state index in [0.29, 0.717) is 5.92 Å². The Bertz CT molecular complexity index is 413. The minimum Gasteiger partial charge on any atom is -0.478 e. The van der Waals surface area contributed by atoms with Gasteiger partial charge < -0.3 is 10.1 Å². The Morgan fingerprint density at radius 2 is 2.15 bits per heavy atom. The van der Waals surface area contributed by atoms with Gasteiger partial charge in [0.05, 0.1) is 6.61 Å². The molecule has 0 saturated heterocycles. The molecule has 2 rings (SSSR count). The molecule has 1 heterocycles. The van der Waals surface area contributed by atoms with Gasteiger partial charge in [-0.2, -0.15) is 0 Å². The first-order valence-electron chi connectivity index (χ1n) is 8.03. The molecule has 1 aliphatic rings. The number of pyridine rings is 1. The molecule has 112 valence electrons. The van der Waals surface area contributed by atoms with Gasteiger partial charge in [0.25, 0.3) is 0 Å². The summed E-state index contributed by atoms with van der Waals surface area (Å²) in [5.74, 6) is 1.47. The van der Waals surface area contributed by atoms with Crippen LogP contribution in [0.15, 0.2) is 12.1 Å². The summed E-state index contributed by atoms with van der Waals surface area (Å²) in [6, 6.07) is 5.05. The highest BCUT2D eigenvalue weighted by Gasteiger charge is 2.20. The third-order valence-corrected chi connectivity index (χ3v) is 3.54. The summed E-state index contributed by atoms with van der Waals surface area (Å²) in [5, 5.41) is 3.56. The lowest BCUT2D eigenvalue weighted by atomic mass is 10.1. The van der Waals surface area contributed by atoms with Crippen molar-refractivity contribution in [2.24, 2.45) is 5.92 Å². The zero-order valence-electron chi connectivity index (χ0n) is 13.1. The number of rotatable bonds is 9. The number of aromatic nitrogens is 1. The summed E-state index contributed by atoms with van der Waals surface area (Å²) < 4.78 is 5.83. The lowest BCUT2D eigenvalue weighted by Crippen LogP contribution is -2.16. The van der Waals surface area contributed by atoms with Gasteiger partial charge >= 0.3 is 0 Å². The minimum atomic E-state index is 0.671. The second-order valence-corrected chi connectivity index (χ2v) is 6.24. The Labute approximate surface area is 123 Å². The highest BCUT2D eigenvalue weighted by molar-refractivity contribution is 5.25. The molecule has 1 saturated carbocycles. The maximum Gasteiger partial charge on any atom is 0.213 e. The second kappa shape index (κ2) is 7.63. The van der Waals surface area contributed by atoms with Crippen LogP contribution in [-0.2, 0) is 13.0 Å². The zero-order valence-corrected chi connectivity index (χ0v) is 13.1. The average molecular weight is 276 g/mol. The molecule has 3 nitrogen and oxygen atoms in total. The van der Waals surface area contributed by atoms with Gasteiger partial charge in [0.2, 0.25) is 5.88 Å². The van der Waals surface area contributed by atoms with E-state index in [1.807, 2.05) is 0 Å². The number of hydrogen-bond donors (Lipinski definition) is 1. The largest absolute Gasteiger partial charge is 0.478 e. The van der Waals surface area contributed by atoms with Crippen molar-refractivity contribution in [1.82, 2.24) is 10.3 Å². The van der Waals surface area contributed by atoms with Crippen LogP contribution < -0.4 is 10.1 Å². The summed E-state index contributed by atoms with van der Waals surface area (Å²) in [4.78, 5) is 4.61. The first kappa shape index (κ1) is 15.3. The predicted molar refractivity (Wildman–Crippen MR) is 83.0 cm³/mol. The molecule has 0 aliphatic heterocycles. The maximum atomic E-state index is 5.83. The lowest BCUT2D eigenvalue weighted by Gasteiger charge is -2.11. The summed E-state index contributed by atoms with van der Waals surface area (Å²) in [6.07, 6.45) is 5.88. The van der Waals surface area contributed by atoms with E-state index in [1.165, 1.54) is 18.4 Å². The molecule has 20 heavy (non-hydrogen) atoms. The molecular formula is C17H28N2O.